The molecule has 1 heterocycles. The maximum Gasteiger partial charge on any atom is 0.410 e. The Kier molecular flexibility index (Phi) is 5.21. The second-order valence-corrected chi connectivity index (χ2v) is 3.97. The predicted octanol–water partition coefficient (Wildman–Crippen LogP) is 0.795. The Labute approximate surface area is 101 Å². The third-order valence-electron chi connectivity index (χ3n) is 2.26. The molecule has 1 unspecified atom stereocenters. The van der Waals surface area contributed by atoms with E-state index in [0.29, 0.717) is 13.2 Å². The first-order valence-electron chi connectivity index (χ1n) is 5.77. The summed E-state index contributed by atoms with van der Waals surface area (Å²) in [5, 5.41) is 0. The Balaban J connectivity index is 2.65. The molecule has 0 saturated carbocycles. The van der Waals surface area contributed by atoms with Crippen molar-refractivity contribution in [1.82, 2.24) is 4.90 Å². The number of esters is 1. The molecule has 98 valence electrons. The lowest BCUT2D eigenvalue weighted by Crippen LogP contribution is -2.53. The van der Waals surface area contributed by atoms with Gasteiger partial charge in [0.1, 0.15) is 0 Å². The zero-order valence-corrected chi connectivity index (χ0v) is 10.5. The highest BCUT2D eigenvalue weighted by molar-refractivity contribution is 5.81. The van der Waals surface area contributed by atoms with Crippen LogP contribution >= 0.6 is 0 Å². The standard InChI is InChI=1S/C11H19NO5/c1-4-16-10(13)9-7-15-6-5-12(9)11(14)17-8(2)3/h8-9H,4-7H2,1-3H3. The molecular weight excluding hydrogens is 226 g/mol. The summed E-state index contributed by atoms with van der Waals surface area (Å²) in [6, 6.07) is -0.699. The zero-order valence-electron chi connectivity index (χ0n) is 10.5. The van der Waals surface area contributed by atoms with Gasteiger partial charge < -0.3 is 14.2 Å². The van der Waals surface area contributed by atoms with Crippen molar-refractivity contribution in [1.29, 1.82) is 0 Å². The molecule has 1 rings (SSSR count). The quantitative estimate of drug-likeness (QED) is 0.688. The average molecular weight is 245 g/mol. The molecule has 1 aliphatic heterocycles. The molecule has 0 aliphatic carbocycles. The largest absolute Gasteiger partial charge is 0.464 e. The Bertz CT molecular complexity index is 279. The third-order valence-corrected chi connectivity index (χ3v) is 2.26. The van der Waals surface area contributed by atoms with Gasteiger partial charge in [0.2, 0.25) is 0 Å². The van der Waals surface area contributed by atoms with E-state index in [9.17, 15) is 9.59 Å². The van der Waals surface area contributed by atoms with Gasteiger partial charge in [0, 0.05) is 6.54 Å². The van der Waals surface area contributed by atoms with E-state index in [0.717, 1.165) is 0 Å². The highest BCUT2D eigenvalue weighted by Crippen LogP contribution is 2.11. The van der Waals surface area contributed by atoms with Gasteiger partial charge in [-0.25, -0.2) is 9.59 Å². The number of morpholine rings is 1. The van der Waals surface area contributed by atoms with Gasteiger partial charge in [0.05, 0.1) is 25.9 Å². The van der Waals surface area contributed by atoms with Crippen LogP contribution in [-0.2, 0) is 19.0 Å². The predicted molar refractivity (Wildman–Crippen MR) is 59.6 cm³/mol. The number of carbonyl (C=O) groups is 2. The number of hydrogen-bond donors (Lipinski definition) is 0. The lowest BCUT2D eigenvalue weighted by molar-refractivity contribution is -0.154. The molecule has 6 nitrogen and oxygen atoms in total. The van der Waals surface area contributed by atoms with E-state index in [4.69, 9.17) is 14.2 Å². The summed E-state index contributed by atoms with van der Waals surface area (Å²) in [5.41, 5.74) is 0. The number of amides is 1. The van der Waals surface area contributed by atoms with E-state index in [1.54, 1.807) is 20.8 Å². The van der Waals surface area contributed by atoms with Crippen LogP contribution in [0, 0.1) is 0 Å². The highest BCUT2D eigenvalue weighted by atomic mass is 16.6. The molecule has 1 fully saturated rings. The van der Waals surface area contributed by atoms with E-state index in [2.05, 4.69) is 0 Å². The summed E-state index contributed by atoms with van der Waals surface area (Å²) in [5.74, 6) is -0.451. The second kappa shape index (κ2) is 6.44. The van der Waals surface area contributed by atoms with Gasteiger partial charge in [0.15, 0.2) is 6.04 Å². The van der Waals surface area contributed by atoms with Crippen LogP contribution in [0.1, 0.15) is 20.8 Å². The molecule has 17 heavy (non-hydrogen) atoms. The molecule has 1 atom stereocenters. The van der Waals surface area contributed by atoms with E-state index in [-0.39, 0.29) is 19.3 Å². The molecule has 0 aromatic heterocycles. The summed E-state index contributed by atoms with van der Waals surface area (Å²) in [4.78, 5) is 24.8. The van der Waals surface area contributed by atoms with Crippen molar-refractivity contribution >= 4 is 12.1 Å². The number of ether oxygens (including phenoxy) is 3. The zero-order chi connectivity index (χ0) is 12.8. The molecule has 1 saturated heterocycles. The summed E-state index contributed by atoms with van der Waals surface area (Å²) in [6.45, 7) is 6.43. The first kappa shape index (κ1) is 13.8. The fourth-order valence-electron chi connectivity index (χ4n) is 1.53. The Hall–Kier alpha value is -1.30. The van der Waals surface area contributed by atoms with Crippen LogP contribution in [0.15, 0.2) is 0 Å². The molecule has 0 bridgehead atoms. The van der Waals surface area contributed by atoms with E-state index < -0.39 is 18.1 Å². The average Bonchev–Trinajstić information content (AvgIpc) is 2.28. The lowest BCUT2D eigenvalue weighted by Gasteiger charge is -2.33. The third kappa shape index (κ3) is 3.89. The van der Waals surface area contributed by atoms with Crippen LogP contribution in [0.3, 0.4) is 0 Å². The normalized spacial score (nSPS) is 20.2. The van der Waals surface area contributed by atoms with Crippen molar-refractivity contribution in [2.24, 2.45) is 0 Å². The molecule has 0 N–H and O–H groups in total. The number of rotatable bonds is 3. The summed E-state index contributed by atoms with van der Waals surface area (Å²) in [6.07, 6.45) is -0.713. The molecule has 0 radical (unpaired) electrons. The number of hydrogen-bond acceptors (Lipinski definition) is 5. The van der Waals surface area contributed by atoms with Gasteiger partial charge in [-0.05, 0) is 20.8 Å². The fraction of sp³-hybridized carbons (Fsp3) is 0.818. The van der Waals surface area contributed by atoms with Crippen molar-refractivity contribution in [2.75, 3.05) is 26.4 Å². The second-order valence-electron chi connectivity index (χ2n) is 3.97. The number of nitrogens with zero attached hydrogens (tertiary/aromatic N) is 1. The van der Waals surface area contributed by atoms with E-state index >= 15 is 0 Å². The van der Waals surface area contributed by atoms with Gasteiger partial charge in [-0.15, -0.1) is 0 Å². The summed E-state index contributed by atoms with van der Waals surface area (Å²) < 4.78 is 15.2. The Morgan fingerprint density at radius 2 is 2.18 bits per heavy atom. The number of carbonyl (C=O) groups excluding carboxylic acids is 2. The minimum atomic E-state index is -0.699. The van der Waals surface area contributed by atoms with Crippen LogP contribution in [-0.4, -0.2) is 55.5 Å². The van der Waals surface area contributed by atoms with E-state index in [1.165, 1.54) is 4.90 Å². The van der Waals surface area contributed by atoms with Crippen LogP contribution in [0.25, 0.3) is 0 Å². The summed E-state index contributed by atoms with van der Waals surface area (Å²) >= 11 is 0. The maximum absolute atomic E-state index is 11.8. The van der Waals surface area contributed by atoms with Crippen molar-refractivity contribution in [3.05, 3.63) is 0 Å². The Morgan fingerprint density at radius 3 is 2.76 bits per heavy atom. The van der Waals surface area contributed by atoms with E-state index in [1.807, 2.05) is 0 Å². The molecule has 0 spiro atoms. The summed E-state index contributed by atoms with van der Waals surface area (Å²) in [7, 11) is 0. The molecular formula is C11H19NO5. The van der Waals surface area contributed by atoms with Crippen LogP contribution in [0.2, 0.25) is 0 Å². The lowest BCUT2D eigenvalue weighted by atomic mass is 10.2. The molecule has 1 aliphatic rings. The van der Waals surface area contributed by atoms with Crippen molar-refractivity contribution in [3.8, 4) is 0 Å². The first-order valence-corrected chi connectivity index (χ1v) is 5.77. The minimum absolute atomic E-state index is 0.159. The Morgan fingerprint density at radius 1 is 1.47 bits per heavy atom. The van der Waals surface area contributed by atoms with Crippen molar-refractivity contribution in [2.45, 2.75) is 32.9 Å². The monoisotopic (exact) mass is 245 g/mol. The molecule has 0 aromatic rings. The van der Waals surface area contributed by atoms with Crippen molar-refractivity contribution in [3.63, 3.8) is 0 Å². The van der Waals surface area contributed by atoms with Crippen LogP contribution in [0.4, 0.5) is 4.79 Å². The molecule has 6 heteroatoms. The smallest absolute Gasteiger partial charge is 0.410 e. The molecule has 1 amide bonds. The fourth-order valence-corrected chi connectivity index (χ4v) is 1.53. The van der Waals surface area contributed by atoms with Gasteiger partial charge in [-0.2, -0.15) is 0 Å². The van der Waals surface area contributed by atoms with Gasteiger partial charge in [-0.1, -0.05) is 0 Å². The highest BCUT2D eigenvalue weighted by Gasteiger charge is 2.35. The maximum atomic E-state index is 11.8. The minimum Gasteiger partial charge on any atom is -0.464 e. The van der Waals surface area contributed by atoms with Crippen molar-refractivity contribution < 1.29 is 23.8 Å². The van der Waals surface area contributed by atoms with Gasteiger partial charge in [-0.3, -0.25) is 4.90 Å². The topological polar surface area (TPSA) is 65.1 Å². The first-order chi connectivity index (χ1) is 8.06. The van der Waals surface area contributed by atoms with Crippen LogP contribution < -0.4 is 0 Å². The van der Waals surface area contributed by atoms with Gasteiger partial charge in [0.25, 0.3) is 0 Å². The SMILES string of the molecule is CCOC(=O)C1COCCN1C(=O)OC(C)C. The molecule has 0 aromatic carbocycles. The van der Waals surface area contributed by atoms with Gasteiger partial charge >= 0.3 is 12.1 Å². The van der Waals surface area contributed by atoms with Crippen LogP contribution in [0.5, 0.6) is 0 Å².